The highest BCUT2D eigenvalue weighted by atomic mass is 16.6. The molecule has 0 aliphatic heterocycles. The first kappa shape index (κ1) is 9.30. The van der Waals surface area contributed by atoms with Crippen LogP contribution >= 0.6 is 0 Å². The van der Waals surface area contributed by atoms with Crippen LogP contribution < -0.4 is 0 Å². The predicted molar refractivity (Wildman–Crippen MR) is 51.2 cm³/mol. The highest BCUT2D eigenvalue weighted by Gasteiger charge is 2.27. The van der Waals surface area contributed by atoms with Gasteiger partial charge in [-0.1, -0.05) is 25.6 Å². The van der Waals surface area contributed by atoms with Crippen molar-refractivity contribution in [3.05, 3.63) is 12.2 Å². The Morgan fingerprint density at radius 3 is 2.67 bits per heavy atom. The minimum absolute atomic E-state index is 0.393. The summed E-state index contributed by atoms with van der Waals surface area (Å²) >= 11 is 0. The largest absolute Gasteiger partial charge is 0.399 e. The molecule has 1 saturated carbocycles. The Balaban J connectivity index is 2.66. The van der Waals surface area contributed by atoms with Gasteiger partial charge in [0.2, 0.25) is 0 Å². The molecule has 0 saturated heterocycles. The molecule has 68 valence electrons. The summed E-state index contributed by atoms with van der Waals surface area (Å²) in [5.41, 5.74) is 2.56. The van der Waals surface area contributed by atoms with E-state index in [4.69, 9.17) is 4.84 Å². The van der Waals surface area contributed by atoms with E-state index < -0.39 is 0 Å². The average molecular weight is 167 g/mol. The molecule has 12 heavy (non-hydrogen) atoms. The van der Waals surface area contributed by atoms with Crippen LogP contribution in [0, 0.1) is 5.41 Å². The van der Waals surface area contributed by atoms with E-state index >= 15 is 0 Å². The van der Waals surface area contributed by atoms with Crippen molar-refractivity contribution in [2.75, 3.05) is 7.11 Å². The standard InChI is InChI=1S/C10H17NO/c1-8-7-10(2,3)6-5-9(8)11-12-4/h1,5-7H2,2-4H3. The molecular formula is C10H17NO. The van der Waals surface area contributed by atoms with Crippen LogP contribution in [-0.2, 0) is 4.84 Å². The Bertz CT molecular complexity index is 216. The smallest absolute Gasteiger partial charge is 0.106 e. The molecule has 0 spiro atoms. The molecule has 0 aromatic heterocycles. The quantitative estimate of drug-likeness (QED) is 0.550. The topological polar surface area (TPSA) is 21.6 Å². The maximum Gasteiger partial charge on any atom is 0.106 e. The maximum atomic E-state index is 4.75. The van der Waals surface area contributed by atoms with Gasteiger partial charge < -0.3 is 4.84 Å². The van der Waals surface area contributed by atoms with E-state index in [0.29, 0.717) is 5.41 Å². The van der Waals surface area contributed by atoms with Gasteiger partial charge >= 0.3 is 0 Å². The van der Waals surface area contributed by atoms with E-state index in [1.165, 1.54) is 6.42 Å². The summed E-state index contributed by atoms with van der Waals surface area (Å²) in [6.45, 7) is 8.53. The van der Waals surface area contributed by atoms with Gasteiger partial charge in [-0.25, -0.2) is 0 Å². The van der Waals surface area contributed by atoms with Gasteiger partial charge in [0.05, 0.1) is 5.71 Å². The van der Waals surface area contributed by atoms with Crippen molar-refractivity contribution in [1.29, 1.82) is 0 Å². The van der Waals surface area contributed by atoms with Gasteiger partial charge in [0.15, 0.2) is 0 Å². The third kappa shape index (κ3) is 2.10. The number of rotatable bonds is 1. The fourth-order valence-electron chi connectivity index (χ4n) is 1.62. The van der Waals surface area contributed by atoms with Crippen molar-refractivity contribution >= 4 is 5.71 Å². The van der Waals surface area contributed by atoms with Crippen LogP contribution in [0.4, 0.5) is 0 Å². The fraction of sp³-hybridized carbons (Fsp3) is 0.700. The molecule has 1 rings (SSSR count). The van der Waals surface area contributed by atoms with Crippen molar-refractivity contribution in [2.24, 2.45) is 10.6 Å². The van der Waals surface area contributed by atoms with Crippen LogP contribution in [0.2, 0.25) is 0 Å². The molecule has 0 aromatic carbocycles. The van der Waals surface area contributed by atoms with E-state index in [-0.39, 0.29) is 0 Å². The Labute approximate surface area is 74.3 Å². The van der Waals surface area contributed by atoms with Crippen LogP contribution in [0.1, 0.15) is 33.1 Å². The van der Waals surface area contributed by atoms with Crippen molar-refractivity contribution in [3.8, 4) is 0 Å². The maximum absolute atomic E-state index is 4.75. The zero-order chi connectivity index (χ0) is 9.19. The lowest BCUT2D eigenvalue weighted by Gasteiger charge is -2.31. The summed E-state index contributed by atoms with van der Waals surface area (Å²) in [5, 5.41) is 3.95. The summed E-state index contributed by atoms with van der Waals surface area (Å²) in [6, 6.07) is 0. The molecule has 1 fully saturated rings. The van der Waals surface area contributed by atoms with E-state index in [0.717, 1.165) is 24.1 Å². The second-order valence-electron chi connectivity index (χ2n) is 4.17. The second-order valence-corrected chi connectivity index (χ2v) is 4.17. The third-order valence-corrected chi connectivity index (χ3v) is 2.34. The summed E-state index contributed by atoms with van der Waals surface area (Å²) in [6.07, 6.45) is 3.21. The minimum Gasteiger partial charge on any atom is -0.399 e. The van der Waals surface area contributed by atoms with E-state index in [2.05, 4.69) is 25.6 Å². The van der Waals surface area contributed by atoms with Crippen LogP contribution in [0.25, 0.3) is 0 Å². The normalized spacial score (nSPS) is 25.9. The van der Waals surface area contributed by atoms with Gasteiger partial charge in [0, 0.05) is 0 Å². The Morgan fingerprint density at radius 1 is 1.50 bits per heavy atom. The molecule has 0 aromatic rings. The van der Waals surface area contributed by atoms with Crippen LogP contribution in [-0.4, -0.2) is 12.8 Å². The third-order valence-electron chi connectivity index (χ3n) is 2.34. The van der Waals surface area contributed by atoms with E-state index in [1.807, 2.05) is 0 Å². The number of allylic oxidation sites excluding steroid dienone is 1. The first-order valence-electron chi connectivity index (χ1n) is 4.33. The number of hydrogen-bond donors (Lipinski definition) is 0. The highest BCUT2D eigenvalue weighted by Crippen LogP contribution is 2.36. The lowest BCUT2D eigenvalue weighted by molar-refractivity contribution is 0.210. The minimum atomic E-state index is 0.393. The summed E-state index contributed by atoms with van der Waals surface area (Å²) in [5.74, 6) is 0. The van der Waals surface area contributed by atoms with Crippen LogP contribution in [0.3, 0.4) is 0 Å². The first-order chi connectivity index (χ1) is 5.55. The summed E-state index contributed by atoms with van der Waals surface area (Å²) in [4.78, 5) is 4.75. The zero-order valence-electron chi connectivity index (χ0n) is 8.18. The van der Waals surface area contributed by atoms with Crippen molar-refractivity contribution in [1.82, 2.24) is 0 Å². The molecule has 0 N–H and O–H groups in total. The Morgan fingerprint density at radius 2 is 2.17 bits per heavy atom. The Hall–Kier alpha value is -0.790. The number of oxime groups is 1. The molecule has 0 unspecified atom stereocenters. The molecule has 1 aliphatic rings. The first-order valence-corrected chi connectivity index (χ1v) is 4.33. The molecule has 0 radical (unpaired) electrons. The Kier molecular flexibility index (Phi) is 2.55. The van der Waals surface area contributed by atoms with Gasteiger partial charge in [-0.15, -0.1) is 0 Å². The number of nitrogens with zero attached hydrogens (tertiary/aromatic N) is 1. The molecule has 0 heterocycles. The SMILES string of the molecule is C=C1CC(C)(C)CCC1=NOC. The molecule has 2 heteroatoms. The molecule has 2 nitrogen and oxygen atoms in total. The van der Waals surface area contributed by atoms with Gasteiger partial charge in [-0.05, 0) is 30.3 Å². The lowest BCUT2D eigenvalue weighted by atomic mass is 9.75. The zero-order valence-corrected chi connectivity index (χ0v) is 8.18. The lowest BCUT2D eigenvalue weighted by Crippen LogP contribution is -2.23. The van der Waals surface area contributed by atoms with Crippen LogP contribution in [0.5, 0.6) is 0 Å². The average Bonchev–Trinajstić information content (AvgIpc) is 1.94. The van der Waals surface area contributed by atoms with Crippen molar-refractivity contribution < 1.29 is 4.84 Å². The highest BCUT2D eigenvalue weighted by molar-refractivity contribution is 6.00. The monoisotopic (exact) mass is 167 g/mol. The molecular weight excluding hydrogens is 150 g/mol. The molecule has 1 aliphatic carbocycles. The van der Waals surface area contributed by atoms with E-state index in [1.54, 1.807) is 7.11 Å². The van der Waals surface area contributed by atoms with Crippen molar-refractivity contribution in [3.63, 3.8) is 0 Å². The van der Waals surface area contributed by atoms with Crippen molar-refractivity contribution in [2.45, 2.75) is 33.1 Å². The van der Waals surface area contributed by atoms with Gasteiger partial charge in [-0.3, -0.25) is 0 Å². The fourth-order valence-corrected chi connectivity index (χ4v) is 1.62. The van der Waals surface area contributed by atoms with Gasteiger partial charge in [0.1, 0.15) is 7.11 Å². The van der Waals surface area contributed by atoms with Gasteiger partial charge in [-0.2, -0.15) is 0 Å². The van der Waals surface area contributed by atoms with Crippen LogP contribution in [0.15, 0.2) is 17.3 Å². The molecule has 0 bridgehead atoms. The molecule has 0 amide bonds. The second kappa shape index (κ2) is 3.30. The summed E-state index contributed by atoms with van der Waals surface area (Å²) in [7, 11) is 1.58. The van der Waals surface area contributed by atoms with E-state index in [9.17, 15) is 0 Å². The van der Waals surface area contributed by atoms with Gasteiger partial charge in [0.25, 0.3) is 0 Å². The molecule has 0 atom stereocenters. The predicted octanol–water partition coefficient (Wildman–Crippen LogP) is 2.76. The summed E-state index contributed by atoms with van der Waals surface area (Å²) < 4.78 is 0. The number of hydrogen-bond acceptors (Lipinski definition) is 2.